The van der Waals surface area contributed by atoms with Gasteiger partial charge in [0.2, 0.25) is 0 Å². The maximum Gasteiger partial charge on any atom is 0.343 e. The first kappa shape index (κ1) is 22.8. The van der Waals surface area contributed by atoms with Crippen LogP contribution in [0.4, 0.5) is 0 Å². The maximum atomic E-state index is 12.6. The zero-order valence-electron chi connectivity index (χ0n) is 16.9. The second-order valence-electron chi connectivity index (χ2n) is 6.90. The summed E-state index contributed by atoms with van der Waals surface area (Å²) in [5, 5.41) is 6.42. The first-order chi connectivity index (χ1) is 15.8. The van der Waals surface area contributed by atoms with E-state index in [-0.39, 0.29) is 10.6 Å². The molecule has 4 aromatic rings. The Hall–Kier alpha value is -3.39. The van der Waals surface area contributed by atoms with Gasteiger partial charge >= 0.3 is 5.97 Å². The van der Waals surface area contributed by atoms with E-state index in [1.165, 1.54) is 30.5 Å². The van der Waals surface area contributed by atoms with E-state index in [9.17, 15) is 13.2 Å². The average Bonchev–Trinajstić information content (AvgIpc) is 2.81. The van der Waals surface area contributed by atoms with Crippen molar-refractivity contribution in [1.82, 2.24) is 4.83 Å². The number of benzene rings is 4. The molecule has 0 spiro atoms. The molecule has 0 unspecified atom stereocenters. The Morgan fingerprint density at radius 3 is 2.18 bits per heavy atom. The lowest BCUT2D eigenvalue weighted by Gasteiger charge is -2.11. The summed E-state index contributed by atoms with van der Waals surface area (Å²) in [6.45, 7) is 0. The van der Waals surface area contributed by atoms with E-state index in [1.807, 2.05) is 24.3 Å². The molecule has 1 N–H and O–H groups in total. The minimum atomic E-state index is -3.91. The lowest BCUT2D eigenvalue weighted by Crippen LogP contribution is -2.18. The smallest absolute Gasteiger partial charge is 0.343 e. The Labute approximate surface area is 200 Å². The highest BCUT2D eigenvalue weighted by atomic mass is 35.5. The number of esters is 1. The molecule has 166 valence electrons. The van der Waals surface area contributed by atoms with Gasteiger partial charge in [0, 0.05) is 15.6 Å². The summed E-state index contributed by atoms with van der Waals surface area (Å²) in [4.78, 5) is 14.8. The molecule has 0 aliphatic heterocycles. The van der Waals surface area contributed by atoms with E-state index >= 15 is 0 Å². The summed E-state index contributed by atoms with van der Waals surface area (Å²) in [6, 6.07) is 22.8. The van der Waals surface area contributed by atoms with Crippen LogP contribution < -0.4 is 9.57 Å². The number of halogens is 2. The molecule has 0 radical (unpaired) electrons. The molecule has 9 heteroatoms. The summed E-state index contributed by atoms with van der Waals surface area (Å²) < 4.78 is 30.6. The molecule has 4 rings (SSSR count). The molecule has 0 aromatic heterocycles. The Bertz CT molecular complexity index is 1450. The van der Waals surface area contributed by atoms with Crippen molar-refractivity contribution >= 4 is 56.2 Å². The summed E-state index contributed by atoms with van der Waals surface area (Å²) in [5.41, 5.74) is 0.758. The number of hydrogen-bond acceptors (Lipinski definition) is 5. The molecule has 0 aliphatic rings. The molecule has 4 aromatic carbocycles. The molecule has 0 aliphatic carbocycles. The molecular weight excluding hydrogens is 483 g/mol. The van der Waals surface area contributed by atoms with Crippen LogP contribution in [0.25, 0.3) is 10.8 Å². The van der Waals surface area contributed by atoms with E-state index in [4.69, 9.17) is 27.9 Å². The standard InChI is InChI=1S/C24H16Cl2N2O4S/c25-18-8-5-17(6-9-18)24(29)32-23-14-7-16-3-1-2-4-21(16)22(23)15-27-28-33(30,31)20-12-10-19(26)11-13-20/h1-15,28H. The number of ether oxygens (including phenoxy) is 1. The molecular formula is C24H16Cl2N2O4S. The average molecular weight is 499 g/mol. The molecule has 0 amide bonds. The third-order valence-electron chi connectivity index (χ3n) is 4.70. The van der Waals surface area contributed by atoms with Crippen molar-refractivity contribution in [3.63, 3.8) is 0 Å². The van der Waals surface area contributed by atoms with Gasteiger partial charge in [-0.15, -0.1) is 0 Å². The first-order valence-corrected chi connectivity index (χ1v) is 11.9. The highest BCUT2D eigenvalue weighted by Gasteiger charge is 2.15. The van der Waals surface area contributed by atoms with Crippen LogP contribution in [0.2, 0.25) is 10.0 Å². The van der Waals surface area contributed by atoms with Gasteiger partial charge in [-0.3, -0.25) is 0 Å². The van der Waals surface area contributed by atoms with Gasteiger partial charge in [0.25, 0.3) is 10.0 Å². The largest absolute Gasteiger partial charge is 0.422 e. The molecule has 0 heterocycles. The molecule has 0 saturated heterocycles. The fraction of sp³-hybridized carbons (Fsp3) is 0. The van der Waals surface area contributed by atoms with Crippen LogP contribution in [-0.4, -0.2) is 20.6 Å². The topological polar surface area (TPSA) is 84.8 Å². The number of hydrogen-bond donors (Lipinski definition) is 1. The van der Waals surface area contributed by atoms with E-state index in [0.717, 1.165) is 10.8 Å². The quantitative estimate of drug-likeness (QED) is 0.160. The summed E-state index contributed by atoms with van der Waals surface area (Å²) >= 11 is 11.7. The zero-order valence-corrected chi connectivity index (χ0v) is 19.2. The predicted octanol–water partition coefficient (Wildman–Crippen LogP) is 5.68. The van der Waals surface area contributed by atoms with Gasteiger partial charge in [-0.05, 0) is 65.4 Å². The Kier molecular flexibility index (Phi) is 6.65. The van der Waals surface area contributed by atoms with Crippen LogP contribution in [0.5, 0.6) is 5.75 Å². The summed E-state index contributed by atoms with van der Waals surface area (Å²) in [6.07, 6.45) is 1.31. The number of rotatable bonds is 6. The highest BCUT2D eigenvalue weighted by molar-refractivity contribution is 7.89. The van der Waals surface area contributed by atoms with Crippen molar-refractivity contribution in [3.05, 3.63) is 106 Å². The molecule has 0 atom stereocenters. The van der Waals surface area contributed by atoms with Crippen LogP contribution in [0.1, 0.15) is 15.9 Å². The third kappa shape index (κ3) is 5.34. The first-order valence-electron chi connectivity index (χ1n) is 9.63. The lowest BCUT2D eigenvalue weighted by molar-refractivity contribution is 0.0734. The van der Waals surface area contributed by atoms with Crippen molar-refractivity contribution in [3.8, 4) is 5.75 Å². The number of carbonyl (C=O) groups is 1. The lowest BCUT2D eigenvalue weighted by atomic mass is 10.0. The van der Waals surface area contributed by atoms with Crippen LogP contribution in [-0.2, 0) is 10.0 Å². The maximum absolute atomic E-state index is 12.6. The van der Waals surface area contributed by atoms with Crippen LogP contribution in [0.3, 0.4) is 0 Å². The SMILES string of the molecule is O=C(Oc1ccc2ccccc2c1C=NNS(=O)(=O)c1ccc(Cl)cc1)c1ccc(Cl)cc1. The normalized spacial score (nSPS) is 11.6. The van der Waals surface area contributed by atoms with Crippen molar-refractivity contribution < 1.29 is 17.9 Å². The van der Waals surface area contributed by atoms with E-state index in [1.54, 1.807) is 36.4 Å². The second kappa shape index (κ2) is 9.62. The van der Waals surface area contributed by atoms with Crippen LogP contribution in [0, 0.1) is 0 Å². The number of nitrogens with zero attached hydrogens (tertiary/aromatic N) is 1. The van der Waals surface area contributed by atoms with Gasteiger partial charge in [-0.2, -0.15) is 13.5 Å². The molecule has 0 saturated carbocycles. The fourth-order valence-corrected chi connectivity index (χ4v) is 4.11. The van der Waals surface area contributed by atoms with Gasteiger partial charge in [0.05, 0.1) is 16.7 Å². The molecule has 0 fully saturated rings. The molecule has 33 heavy (non-hydrogen) atoms. The van der Waals surface area contributed by atoms with E-state index < -0.39 is 16.0 Å². The van der Waals surface area contributed by atoms with E-state index in [0.29, 0.717) is 21.2 Å². The second-order valence-corrected chi connectivity index (χ2v) is 9.44. The third-order valence-corrected chi connectivity index (χ3v) is 6.45. The fourth-order valence-electron chi connectivity index (χ4n) is 3.07. The number of fused-ring (bicyclic) bond motifs is 1. The molecule has 0 bridgehead atoms. The highest BCUT2D eigenvalue weighted by Crippen LogP contribution is 2.27. The van der Waals surface area contributed by atoms with Gasteiger partial charge in [-0.1, -0.05) is 53.5 Å². The number of nitrogens with one attached hydrogen (secondary N) is 1. The zero-order chi connectivity index (χ0) is 23.4. The predicted molar refractivity (Wildman–Crippen MR) is 130 cm³/mol. The monoisotopic (exact) mass is 498 g/mol. The van der Waals surface area contributed by atoms with Gasteiger partial charge in [0.1, 0.15) is 5.75 Å². The Balaban J connectivity index is 1.65. The summed E-state index contributed by atoms with van der Waals surface area (Å²) in [5.74, 6) is -0.360. The Morgan fingerprint density at radius 1 is 0.848 bits per heavy atom. The van der Waals surface area contributed by atoms with Crippen molar-refractivity contribution in [1.29, 1.82) is 0 Å². The number of hydrazone groups is 1. The molecule has 6 nitrogen and oxygen atoms in total. The van der Waals surface area contributed by atoms with Gasteiger partial charge < -0.3 is 4.74 Å². The number of carbonyl (C=O) groups excluding carboxylic acids is 1. The number of sulfonamides is 1. The van der Waals surface area contributed by atoms with Crippen LogP contribution in [0.15, 0.2) is 94.9 Å². The van der Waals surface area contributed by atoms with Crippen molar-refractivity contribution in [2.24, 2.45) is 5.10 Å². The minimum absolute atomic E-state index is 0.0105. The van der Waals surface area contributed by atoms with Gasteiger partial charge in [-0.25, -0.2) is 9.63 Å². The van der Waals surface area contributed by atoms with Crippen molar-refractivity contribution in [2.75, 3.05) is 0 Å². The van der Waals surface area contributed by atoms with Crippen LogP contribution >= 0.6 is 23.2 Å². The summed E-state index contributed by atoms with van der Waals surface area (Å²) in [7, 11) is -3.91. The van der Waals surface area contributed by atoms with Gasteiger partial charge in [0.15, 0.2) is 0 Å². The van der Waals surface area contributed by atoms with E-state index in [2.05, 4.69) is 9.93 Å². The Morgan fingerprint density at radius 2 is 1.48 bits per heavy atom. The minimum Gasteiger partial charge on any atom is -0.422 e. The van der Waals surface area contributed by atoms with Crippen molar-refractivity contribution in [2.45, 2.75) is 4.90 Å².